The fourth-order valence-electron chi connectivity index (χ4n) is 2.09. The number of likely N-dealkylation sites (N-methyl/N-ethyl adjacent to an activating group) is 1. The smallest absolute Gasteiger partial charge is 0.267 e. The van der Waals surface area contributed by atoms with Crippen LogP contribution in [0.3, 0.4) is 0 Å². The molecule has 1 aliphatic heterocycles. The molecule has 0 saturated carbocycles. The van der Waals surface area contributed by atoms with Crippen molar-refractivity contribution in [1.29, 1.82) is 0 Å². The highest BCUT2D eigenvalue weighted by molar-refractivity contribution is 5.91. The summed E-state index contributed by atoms with van der Waals surface area (Å²) >= 11 is 0. The molecule has 0 radical (unpaired) electrons. The molecule has 1 amide bonds. The number of carbonyl (C=O) groups is 1. The van der Waals surface area contributed by atoms with E-state index in [1.807, 2.05) is 0 Å². The number of nitrogens with zero attached hydrogens (tertiary/aromatic N) is 3. The van der Waals surface area contributed by atoms with Crippen LogP contribution in [0.25, 0.3) is 0 Å². The first-order valence-corrected chi connectivity index (χ1v) is 6.00. The van der Waals surface area contributed by atoms with Crippen molar-refractivity contribution in [3.63, 3.8) is 0 Å². The second kappa shape index (κ2) is 4.81. The number of amides is 1. The summed E-state index contributed by atoms with van der Waals surface area (Å²) in [6.45, 7) is 4.79. The Morgan fingerprint density at radius 1 is 1.44 bits per heavy atom. The molecule has 98 valence electrons. The van der Waals surface area contributed by atoms with Gasteiger partial charge in [0, 0.05) is 25.7 Å². The molecule has 1 aliphatic rings. The van der Waals surface area contributed by atoms with E-state index in [1.54, 1.807) is 12.1 Å². The number of piperazine rings is 1. The Kier molecular flexibility index (Phi) is 3.38. The Morgan fingerprint density at radius 3 is 2.78 bits per heavy atom. The van der Waals surface area contributed by atoms with E-state index in [0.717, 1.165) is 19.6 Å². The third kappa shape index (κ3) is 2.38. The molecule has 6 heteroatoms. The van der Waals surface area contributed by atoms with Crippen LogP contribution in [0.4, 0.5) is 11.5 Å². The maximum atomic E-state index is 11.2. The van der Waals surface area contributed by atoms with Gasteiger partial charge in [-0.1, -0.05) is 0 Å². The molecule has 1 unspecified atom stereocenters. The molecule has 1 aromatic rings. The number of aromatic nitrogens is 1. The standard InChI is InChI=1S/C12H19N5O/c1-8-7-17(6-5-16(8)2)12-9(13)3-4-10(15-12)11(14)18/h3-4,8H,5-7,13H2,1-2H3,(H2,14,18). The lowest BCUT2D eigenvalue weighted by Gasteiger charge is -2.38. The van der Waals surface area contributed by atoms with Crippen LogP contribution in [0.5, 0.6) is 0 Å². The first kappa shape index (κ1) is 12.6. The summed E-state index contributed by atoms with van der Waals surface area (Å²) in [4.78, 5) is 19.8. The van der Waals surface area contributed by atoms with E-state index in [4.69, 9.17) is 11.5 Å². The summed E-state index contributed by atoms with van der Waals surface area (Å²) < 4.78 is 0. The first-order valence-electron chi connectivity index (χ1n) is 6.00. The Labute approximate surface area is 107 Å². The van der Waals surface area contributed by atoms with Crippen LogP contribution in [0.1, 0.15) is 17.4 Å². The van der Waals surface area contributed by atoms with Gasteiger partial charge < -0.3 is 21.3 Å². The van der Waals surface area contributed by atoms with Gasteiger partial charge in [-0.25, -0.2) is 4.98 Å². The van der Waals surface area contributed by atoms with Crippen molar-refractivity contribution in [3.05, 3.63) is 17.8 Å². The Balaban J connectivity index is 2.27. The van der Waals surface area contributed by atoms with Crippen molar-refractivity contribution in [2.45, 2.75) is 13.0 Å². The van der Waals surface area contributed by atoms with Gasteiger partial charge in [0.2, 0.25) is 0 Å². The molecule has 2 rings (SSSR count). The van der Waals surface area contributed by atoms with E-state index in [-0.39, 0.29) is 5.69 Å². The molecule has 0 aromatic carbocycles. The van der Waals surface area contributed by atoms with Crippen LogP contribution in [-0.2, 0) is 0 Å². The summed E-state index contributed by atoms with van der Waals surface area (Å²) in [6, 6.07) is 3.67. The summed E-state index contributed by atoms with van der Waals surface area (Å²) in [7, 11) is 2.10. The van der Waals surface area contributed by atoms with Gasteiger partial charge in [-0.05, 0) is 26.1 Å². The molecule has 0 spiro atoms. The number of rotatable bonds is 2. The van der Waals surface area contributed by atoms with Gasteiger partial charge in [-0.3, -0.25) is 4.79 Å². The highest BCUT2D eigenvalue weighted by atomic mass is 16.1. The van der Waals surface area contributed by atoms with Crippen molar-refractivity contribution in [2.24, 2.45) is 5.73 Å². The van der Waals surface area contributed by atoms with Crippen LogP contribution in [0.15, 0.2) is 12.1 Å². The Bertz CT molecular complexity index is 462. The van der Waals surface area contributed by atoms with Gasteiger partial charge in [0.05, 0.1) is 5.69 Å². The van der Waals surface area contributed by atoms with E-state index in [0.29, 0.717) is 17.5 Å². The summed E-state index contributed by atoms with van der Waals surface area (Å²) in [5.41, 5.74) is 12.0. The highest BCUT2D eigenvalue weighted by Gasteiger charge is 2.23. The van der Waals surface area contributed by atoms with Crippen molar-refractivity contribution in [1.82, 2.24) is 9.88 Å². The monoisotopic (exact) mass is 249 g/mol. The maximum absolute atomic E-state index is 11.2. The molecule has 4 N–H and O–H groups in total. The average molecular weight is 249 g/mol. The van der Waals surface area contributed by atoms with Gasteiger partial charge in [-0.15, -0.1) is 0 Å². The third-order valence-electron chi connectivity index (χ3n) is 3.42. The number of pyridine rings is 1. The van der Waals surface area contributed by atoms with Crippen molar-refractivity contribution < 1.29 is 4.79 Å². The molecule has 1 saturated heterocycles. The minimum Gasteiger partial charge on any atom is -0.396 e. The molecule has 0 bridgehead atoms. The normalized spacial score (nSPS) is 21.0. The molecule has 1 aromatic heterocycles. The Hall–Kier alpha value is -1.82. The molecular formula is C12H19N5O. The van der Waals surface area contributed by atoms with Crippen molar-refractivity contribution in [2.75, 3.05) is 37.3 Å². The topological polar surface area (TPSA) is 88.5 Å². The number of hydrogen-bond acceptors (Lipinski definition) is 5. The van der Waals surface area contributed by atoms with Crippen LogP contribution in [0, 0.1) is 0 Å². The summed E-state index contributed by atoms with van der Waals surface area (Å²) in [5, 5.41) is 0. The van der Waals surface area contributed by atoms with Crippen molar-refractivity contribution >= 4 is 17.4 Å². The quantitative estimate of drug-likeness (QED) is 0.764. The number of primary amides is 1. The fraction of sp³-hybridized carbons (Fsp3) is 0.500. The molecule has 6 nitrogen and oxygen atoms in total. The number of hydrogen-bond donors (Lipinski definition) is 2. The third-order valence-corrected chi connectivity index (χ3v) is 3.42. The van der Waals surface area contributed by atoms with Crippen LogP contribution in [-0.4, -0.2) is 48.5 Å². The highest BCUT2D eigenvalue weighted by Crippen LogP contribution is 2.23. The van der Waals surface area contributed by atoms with Gasteiger partial charge in [0.25, 0.3) is 5.91 Å². The number of nitrogens with two attached hydrogens (primary N) is 2. The van der Waals surface area contributed by atoms with Gasteiger partial charge in [0.15, 0.2) is 5.82 Å². The zero-order valence-corrected chi connectivity index (χ0v) is 10.8. The Morgan fingerprint density at radius 2 is 2.17 bits per heavy atom. The van der Waals surface area contributed by atoms with Crippen LogP contribution >= 0.6 is 0 Å². The molecule has 0 aliphatic carbocycles. The maximum Gasteiger partial charge on any atom is 0.267 e. The minimum atomic E-state index is -0.529. The van der Waals surface area contributed by atoms with E-state index in [1.165, 1.54) is 0 Å². The number of anilines is 2. The lowest BCUT2D eigenvalue weighted by molar-refractivity contribution is 0.0995. The van der Waals surface area contributed by atoms with Gasteiger partial charge in [-0.2, -0.15) is 0 Å². The molecule has 1 atom stereocenters. The molecule has 18 heavy (non-hydrogen) atoms. The second-order valence-corrected chi connectivity index (χ2v) is 4.75. The van der Waals surface area contributed by atoms with Crippen LogP contribution < -0.4 is 16.4 Å². The van der Waals surface area contributed by atoms with E-state index < -0.39 is 5.91 Å². The number of nitrogen functional groups attached to an aromatic ring is 1. The predicted octanol–water partition coefficient (Wildman–Crippen LogP) is -0.0970. The van der Waals surface area contributed by atoms with Gasteiger partial charge in [0.1, 0.15) is 5.69 Å². The van der Waals surface area contributed by atoms with Gasteiger partial charge >= 0.3 is 0 Å². The van der Waals surface area contributed by atoms with E-state index >= 15 is 0 Å². The van der Waals surface area contributed by atoms with E-state index in [9.17, 15) is 4.79 Å². The zero-order valence-electron chi connectivity index (χ0n) is 10.8. The molecule has 1 fully saturated rings. The van der Waals surface area contributed by atoms with Crippen molar-refractivity contribution in [3.8, 4) is 0 Å². The predicted molar refractivity (Wildman–Crippen MR) is 71.5 cm³/mol. The number of carbonyl (C=O) groups excluding carboxylic acids is 1. The lowest BCUT2D eigenvalue weighted by Crippen LogP contribution is -2.50. The second-order valence-electron chi connectivity index (χ2n) is 4.75. The summed E-state index contributed by atoms with van der Waals surface area (Å²) in [5.74, 6) is 0.129. The average Bonchev–Trinajstić information content (AvgIpc) is 2.33. The SMILES string of the molecule is CC1CN(c2nc(C(N)=O)ccc2N)CCN1C. The van der Waals surface area contributed by atoms with Crippen LogP contribution in [0.2, 0.25) is 0 Å². The van der Waals surface area contributed by atoms with E-state index in [2.05, 4.69) is 28.8 Å². The summed E-state index contributed by atoms with van der Waals surface area (Å²) in [6.07, 6.45) is 0. The first-order chi connectivity index (χ1) is 8.49. The lowest BCUT2D eigenvalue weighted by atomic mass is 10.2. The minimum absolute atomic E-state index is 0.255. The molecular weight excluding hydrogens is 230 g/mol. The largest absolute Gasteiger partial charge is 0.396 e. The zero-order chi connectivity index (χ0) is 13.3. The fourth-order valence-corrected chi connectivity index (χ4v) is 2.09. The molecule has 2 heterocycles.